The van der Waals surface area contributed by atoms with Crippen LogP contribution in [0.25, 0.3) is 0 Å². The number of aldehydes is 1. The average molecular weight is 281 g/mol. The third-order valence-corrected chi connectivity index (χ3v) is 4.28. The summed E-state index contributed by atoms with van der Waals surface area (Å²) in [7, 11) is 1.97. The van der Waals surface area contributed by atoms with E-state index in [1.807, 2.05) is 36.7 Å². The highest BCUT2D eigenvalue weighted by atomic mass is 32.1. The molecule has 0 aliphatic carbocycles. The van der Waals surface area contributed by atoms with Gasteiger partial charge in [0.15, 0.2) is 11.4 Å². The molecule has 0 radical (unpaired) electrons. The number of thiazole rings is 2. The molecule has 4 nitrogen and oxygen atoms in total. The van der Waals surface area contributed by atoms with Crippen LogP contribution in [-0.4, -0.2) is 23.3 Å². The maximum atomic E-state index is 11.0. The summed E-state index contributed by atoms with van der Waals surface area (Å²) in [5.41, 5.74) is 3.73. The smallest absolute Gasteiger partial charge is 0.186 e. The minimum atomic E-state index is 0.267. The van der Waals surface area contributed by atoms with Crippen LogP contribution < -0.4 is 4.90 Å². The molecule has 0 aliphatic rings. The molecule has 2 heterocycles. The van der Waals surface area contributed by atoms with E-state index >= 15 is 0 Å². The normalized spacial score (nSPS) is 10.9. The quantitative estimate of drug-likeness (QED) is 0.790. The molecule has 0 amide bonds. The Balaban J connectivity index is 2.20. The Hall–Kier alpha value is -1.27. The fourth-order valence-corrected chi connectivity index (χ4v) is 3.16. The van der Waals surface area contributed by atoms with E-state index in [1.54, 1.807) is 11.3 Å². The van der Waals surface area contributed by atoms with Crippen LogP contribution in [0.2, 0.25) is 0 Å². The molecule has 0 N–H and O–H groups in total. The molecule has 0 aromatic carbocycles. The van der Waals surface area contributed by atoms with Gasteiger partial charge in [0, 0.05) is 12.4 Å². The maximum Gasteiger partial charge on any atom is 0.186 e. The molecule has 18 heavy (non-hydrogen) atoms. The standard InChI is InChI=1S/C12H15N3OS2/c1-8(2)11-10(5-16)18-12(14-11)15(3)4-9-6-17-7-13-9/h5-8H,4H2,1-3H3. The third-order valence-electron chi connectivity index (χ3n) is 2.53. The zero-order valence-electron chi connectivity index (χ0n) is 10.6. The Morgan fingerprint density at radius 2 is 2.28 bits per heavy atom. The van der Waals surface area contributed by atoms with E-state index in [9.17, 15) is 4.79 Å². The molecule has 0 bridgehead atoms. The van der Waals surface area contributed by atoms with E-state index in [0.29, 0.717) is 6.54 Å². The van der Waals surface area contributed by atoms with Gasteiger partial charge in [-0.1, -0.05) is 25.2 Å². The number of aromatic nitrogens is 2. The highest BCUT2D eigenvalue weighted by Gasteiger charge is 2.16. The van der Waals surface area contributed by atoms with Crippen molar-refractivity contribution in [3.63, 3.8) is 0 Å². The minimum absolute atomic E-state index is 0.267. The van der Waals surface area contributed by atoms with E-state index in [1.165, 1.54) is 11.3 Å². The topological polar surface area (TPSA) is 46.1 Å². The van der Waals surface area contributed by atoms with Gasteiger partial charge >= 0.3 is 0 Å². The van der Waals surface area contributed by atoms with Gasteiger partial charge in [-0.2, -0.15) is 0 Å². The number of carbonyl (C=O) groups is 1. The summed E-state index contributed by atoms with van der Waals surface area (Å²) < 4.78 is 0. The van der Waals surface area contributed by atoms with E-state index < -0.39 is 0 Å². The monoisotopic (exact) mass is 281 g/mol. The van der Waals surface area contributed by atoms with E-state index in [0.717, 1.165) is 27.7 Å². The van der Waals surface area contributed by atoms with Crippen LogP contribution in [0.1, 0.15) is 40.8 Å². The van der Waals surface area contributed by atoms with Crippen molar-refractivity contribution in [2.75, 3.05) is 11.9 Å². The number of hydrogen-bond acceptors (Lipinski definition) is 6. The Morgan fingerprint density at radius 1 is 1.50 bits per heavy atom. The minimum Gasteiger partial charge on any atom is -0.345 e. The van der Waals surface area contributed by atoms with E-state index in [4.69, 9.17) is 0 Å². The van der Waals surface area contributed by atoms with Crippen LogP contribution in [0.4, 0.5) is 5.13 Å². The van der Waals surface area contributed by atoms with Gasteiger partial charge < -0.3 is 4.90 Å². The van der Waals surface area contributed by atoms with Crippen molar-refractivity contribution >= 4 is 34.1 Å². The molecule has 0 saturated carbocycles. The summed E-state index contributed by atoms with van der Waals surface area (Å²) in [6.07, 6.45) is 0.896. The van der Waals surface area contributed by atoms with Crippen molar-refractivity contribution < 1.29 is 4.79 Å². The molecule has 2 aromatic heterocycles. The van der Waals surface area contributed by atoms with Gasteiger partial charge in [0.2, 0.25) is 0 Å². The molecule has 0 unspecified atom stereocenters. The average Bonchev–Trinajstić information content (AvgIpc) is 2.96. The first-order valence-electron chi connectivity index (χ1n) is 5.66. The van der Waals surface area contributed by atoms with Gasteiger partial charge in [-0.3, -0.25) is 4.79 Å². The summed E-state index contributed by atoms with van der Waals surface area (Å²) in [6.45, 7) is 4.81. The van der Waals surface area contributed by atoms with E-state index in [2.05, 4.69) is 9.97 Å². The zero-order valence-corrected chi connectivity index (χ0v) is 12.2. The lowest BCUT2D eigenvalue weighted by Gasteiger charge is -2.13. The lowest BCUT2D eigenvalue weighted by molar-refractivity contribution is 0.112. The second-order valence-corrected chi connectivity index (χ2v) is 6.08. The van der Waals surface area contributed by atoms with Gasteiger partial charge in [-0.05, 0) is 5.92 Å². The van der Waals surface area contributed by atoms with E-state index in [-0.39, 0.29) is 5.92 Å². The zero-order chi connectivity index (χ0) is 13.1. The van der Waals surface area contributed by atoms with Crippen LogP contribution in [0, 0.1) is 0 Å². The largest absolute Gasteiger partial charge is 0.345 e. The SMILES string of the molecule is CC(C)c1nc(N(C)Cc2cscn2)sc1C=O. The molecule has 0 saturated heterocycles. The number of hydrogen-bond donors (Lipinski definition) is 0. The van der Waals surface area contributed by atoms with Gasteiger partial charge in [-0.25, -0.2) is 9.97 Å². The Morgan fingerprint density at radius 3 is 2.78 bits per heavy atom. The van der Waals surface area contributed by atoms with Crippen molar-refractivity contribution in [1.29, 1.82) is 0 Å². The fourth-order valence-electron chi connectivity index (χ4n) is 1.62. The molecule has 2 rings (SSSR count). The number of rotatable bonds is 5. The first-order valence-corrected chi connectivity index (χ1v) is 7.42. The Kier molecular flexibility index (Phi) is 4.08. The molecular formula is C12H15N3OS2. The predicted molar refractivity (Wildman–Crippen MR) is 75.8 cm³/mol. The molecule has 0 atom stereocenters. The van der Waals surface area contributed by atoms with Crippen LogP contribution in [0.3, 0.4) is 0 Å². The molecule has 6 heteroatoms. The lowest BCUT2D eigenvalue weighted by Crippen LogP contribution is -2.16. The highest BCUT2D eigenvalue weighted by molar-refractivity contribution is 7.17. The number of carbonyl (C=O) groups excluding carboxylic acids is 1. The summed E-state index contributed by atoms with van der Waals surface area (Å²) in [5.74, 6) is 0.267. The van der Waals surface area contributed by atoms with Crippen LogP contribution in [0.5, 0.6) is 0 Å². The summed E-state index contributed by atoms with van der Waals surface area (Å²) >= 11 is 3.02. The van der Waals surface area contributed by atoms with Crippen LogP contribution in [0.15, 0.2) is 10.9 Å². The predicted octanol–water partition coefficient (Wildman–Crippen LogP) is 3.17. The van der Waals surface area contributed by atoms with Gasteiger partial charge in [0.25, 0.3) is 0 Å². The second kappa shape index (κ2) is 5.58. The van der Waals surface area contributed by atoms with Gasteiger partial charge in [0.05, 0.1) is 28.3 Å². The summed E-state index contributed by atoms with van der Waals surface area (Å²) in [5, 5.41) is 2.89. The third kappa shape index (κ3) is 2.76. The molecule has 0 fully saturated rings. The molecule has 0 spiro atoms. The first kappa shape index (κ1) is 13.2. The maximum absolute atomic E-state index is 11.0. The number of nitrogens with zero attached hydrogens (tertiary/aromatic N) is 3. The van der Waals surface area contributed by atoms with Crippen molar-refractivity contribution in [2.45, 2.75) is 26.3 Å². The van der Waals surface area contributed by atoms with Crippen molar-refractivity contribution in [1.82, 2.24) is 9.97 Å². The molecule has 0 aliphatic heterocycles. The molecular weight excluding hydrogens is 266 g/mol. The van der Waals surface area contributed by atoms with Crippen molar-refractivity contribution in [2.24, 2.45) is 0 Å². The van der Waals surface area contributed by atoms with Crippen LogP contribution >= 0.6 is 22.7 Å². The Bertz CT molecular complexity index is 519. The number of anilines is 1. The van der Waals surface area contributed by atoms with Gasteiger partial charge in [-0.15, -0.1) is 11.3 Å². The highest BCUT2D eigenvalue weighted by Crippen LogP contribution is 2.29. The van der Waals surface area contributed by atoms with Crippen LogP contribution in [-0.2, 0) is 6.54 Å². The molecule has 96 valence electrons. The second-order valence-electron chi connectivity index (χ2n) is 4.35. The van der Waals surface area contributed by atoms with Crippen molar-refractivity contribution in [3.8, 4) is 0 Å². The van der Waals surface area contributed by atoms with Crippen molar-refractivity contribution in [3.05, 3.63) is 27.2 Å². The first-order chi connectivity index (χ1) is 8.61. The fraction of sp³-hybridized carbons (Fsp3) is 0.417. The lowest BCUT2D eigenvalue weighted by atomic mass is 10.1. The summed E-state index contributed by atoms with van der Waals surface area (Å²) in [4.78, 5) is 22.6. The molecule has 2 aromatic rings. The Labute approximate surface area is 114 Å². The van der Waals surface area contributed by atoms with Gasteiger partial charge in [0.1, 0.15) is 0 Å². The summed E-state index contributed by atoms with van der Waals surface area (Å²) in [6, 6.07) is 0.